The molecule has 8 heteroatoms. The Morgan fingerprint density at radius 1 is 1.03 bits per heavy atom. The zero-order chi connectivity index (χ0) is 20.4. The Hall–Kier alpha value is -3.03. The maximum absolute atomic E-state index is 13.3. The Labute approximate surface area is 170 Å². The third-order valence-corrected chi connectivity index (χ3v) is 5.83. The van der Waals surface area contributed by atoms with Crippen molar-refractivity contribution in [2.45, 2.75) is 18.9 Å². The van der Waals surface area contributed by atoms with Crippen molar-refractivity contribution < 1.29 is 19.0 Å². The van der Waals surface area contributed by atoms with Crippen LogP contribution in [0.3, 0.4) is 0 Å². The van der Waals surface area contributed by atoms with Crippen LogP contribution in [0.5, 0.6) is 17.4 Å². The van der Waals surface area contributed by atoms with E-state index in [0.29, 0.717) is 41.4 Å². The summed E-state index contributed by atoms with van der Waals surface area (Å²) in [5.41, 5.74) is 0.580. The zero-order valence-electron chi connectivity index (χ0n) is 17.0. The van der Waals surface area contributed by atoms with E-state index in [4.69, 9.17) is 14.2 Å². The van der Waals surface area contributed by atoms with Crippen LogP contribution in [0.2, 0.25) is 0 Å². The van der Waals surface area contributed by atoms with E-state index in [1.807, 2.05) is 4.90 Å². The molecule has 0 N–H and O–H groups in total. The van der Waals surface area contributed by atoms with Gasteiger partial charge in [0, 0.05) is 43.5 Å². The number of hydrogen-bond donors (Lipinski definition) is 0. The summed E-state index contributed by atoms with van der Waals surface area (Å²) in [4.78, 5) is 26.3. The lowest BCUT2D eigenvalue weighted by Gasteiger charge is -2.38. The van der Waals surface area contributed by atoms with Gasteiger partial charge in [-0.1, -0.05) is 0 Å². The van der Waals surface area contributed by atoms with Crippen LogP contribution in [0, 0.1) is 5.92 Å². The van der Waals surface area contributed by atoms with Crippen molar-refractivity contribution in [2.75, 3.05) is 45.9 Å². The first kappa shape index (κ1) is 19.3. The van der Waals surface area contributed by atoms with E-state index in [-0.39, 0.29) is 11.9 Å². The summed E-state index contributed by atoms with van der Waals surface area (Å²) < 4.78 is 15.9. The molecule has 2 aromatic rings. The summed E-state index contributed by atoms with van der Waals surface area (Å²) in [5.74, 6) is 2.90. The number of fused-ring (bicyclic) bond motifs is 1. The summed E-state index contributed by atoms with van der Waals surface area (Å²) in [7, 11) is 4.77. The lowest BCUT2D eigenvalue weighted by Crippen LogP contribution is -2.50. The average molecular weight is 398 g/mol. The molecule has 0 spiro atoms. The fraction of sp³-hybridized carbons (Fsp3) is 0.476. The molecule has 8 nitrogen and oxygen atoms in total. The van der Waals surface area contributed by atoms with Crippen LogP contribution in [0.4, 0.5) is 5.95 Å². The zero-order valence-corrected chi connectivity index (χ0v) is 17.0. The summed E-state index contributed by atoms with van der Waals surface area (Å²) in [6.45, 7) is 2.34. The van der Waals surface area contributed by atoms with E-state index in [0.717, 1.165) is 25.9 Å². The first-order valence-corrected chi connectivity index (χ1v) is 9.79. The van der Waals surface area contributed by atoms with E-state index >= 15 is 0 Å². The molecular weight excluding hydrogens is 372 g/mol. The van der Waals surface area contributed by atoms with E-state index in [1.54, 1.807) is 51.8 Å². The predicted octanol–water partition coefficient (Wildman–Crippen LogP) is 2.24. The topological polar surface area (TPSA) is 77.0 Å². The van der Waals surface area contributed by atoms with Gasteiger partial charge in [-0.25, -0.2) is 4.98 Å². The maximum atomic E-state index is 13.3. The molecule has 1 amide bonds. The monoisotopic (exact) mass is 398 g/mol. The van der Waals surface area contributed by atoms with Crippen molar-refractivity contribution in [3.63, 3.8) is 0 Å². The summed E-state index contributed by atoms with van der Waals surface area (Å²) in [6, 6.07) is 7.17. The molecule has 0 aliphatic carbocycles. The molecule has 1 aromatic carbocycles. The number of likely N-dealkylation sites (tertiary alicyclic amines) is 1. The smallest absolute Gasteiger partial charge is 0.254 e. The number of hydrogen-bond acceptors (Lipinski definition) is 7. The van der Waals surface area contributed by atoms with Crippen LogP contribution in [-0.4, -0.2) is 67.8 Å². The van der Waals surface area contributed by atoms with Crippen molar-refractivity contribution in [1.29, 1.82) is 0 Å². The Morgan fingerprint density at radius 3 is 2.45 bits per heavy atom. The van der Waals surface area contributed by atoms with E-state index in [2.05, 4.69) is 14.9 Å². The minimum atomic E-state index is 0.00288. The number of anilines is 1. The Kier molecular flexibility index (Phi) is 5.42. The number of ether oxygens (including phenoxy) is 3. The second-order valence-corrected chi connectivity index (χ2v) is 7.35. The maximum Gasteiger partial charge on any atom is 0.254 e. The minimum absolute atomic E-state index is 0.00288. The molecule has 2 saturated heterocycles. The Balaban J connectivity index is 1.55. The second-order valence-electron chi connectivity index (χ2n) is 7.35. The molecule has 2 aliphatic rings. The molecule has 2 fully saturated rings. The van der Waals surface area contributed by atoms with Gasteiger partial charge in [-0.3, -0.25) is 4.79 Å². The number of piperidine rings is 1. The number of benzene rings is 1. The molecule has 29 heavy (non-hydrogen) atoms. The van der Waals surface area contributed by atoms with Crippen LogP contribution in [-0.2, 0) is 0 Å². The highest BCUT2D eigenvalue weighted by molar-refractivity contribution is 5.95. The largest absolute Gasteiger partial charge is 0.497 e. The van der Waals surface area contributed by atoms with Gasteiger partial charge in [0.1, 0.15) is 11.5 Å². The third kappa shape index (κ3) is 3.79. The van der Waals surface area contributed by atoms with Crippen LogP contribution >= 0.6 is 0 Å². The van der Waals surface area contributed by atoms with Gasteiger partial charge in [-0.2, -0.15) is 4.98 Å². The number of rotatable bonds is 5. The molecule has 0 bridgehead atoms. The number of carbonyl (C=O) groups excluding carboxylic acids is 1. The van der Waals surface area contributed by atoms with E-state index in [9.17, 15) is 4.79 Å². The van der Waals surface area contributed by atoms with Crippen LogP contribution < -0.4 is 19.1 Å². The lowest BCUT2D eigenvalue weighted by atomic mass is 9.92. The Bertz CT molecular complexity index is 868. The van der Waals surface area contributed by atoms with Gasteiger partial charge < -0.3 is 24.0 Å². The van der Waals surface area contributed by atoms with Gasteiger partial charge in [-0.05, 0) is 30.9 Å². The Morgan fingerprint density at radius 2 is 1.76 bits per heavy atom. The highest BCUT2D eigenvalue weighted by Gasteiger charge is 2.41. The molecule has 3 heterocycles. The fourth-order valence-corrected chi connectivity index (χ4v) is 4.27. The van der Waals surface area contributed by atoms with Crippen molar-refractivity contribution >= 4 is 11.9 Å². The van der Waals surface area contributed by atoms with Crippen LogP contribution in [0.15, 0.2) is 30.5 Å². The third-order valence-electron chi connectivity index (χ3n) is 5.83. The first-order valence-electron chi connectivity index (χ1n) is 9.79. The molecule has 0 radical (unpaired) electrons. The standard InChI is InChI=1S/C21H26N4O4/c1-27-16-10-15(11-17(12-16)28-2)20(26)25-9-6-14-5-8-24(13-18(14)25)21-22-7-4-19(23-21)29-3/h4,7,10-12,14,18H,5-6,8-9,13H2,1-3H3. The number of aromatic nitrogens is 2. The lowest BCUT2D eigenvalue weighted by molar-refractivity contribution is 0.0711. The predicted molar refractivity (Wildman–Crippen MR) is 108 cm³/mol. The summed E-state index contributed by atoms with van der Waals surface area (Å²) in [6.07, 6.45) is 3.73. The van der Waals surface area contributed by atoms with Gasteiger partial charge >= 0.3 is 0 Å². The van der Waals surface area contributed by atoms with Gasteiger partial charge in [0.15, 0.2) is 0 Å². The molecule has 2 aliphatic heterocycles. The quantitative estimate of drug-likeness (QED) is 0.764. The van der Waals surface area contributed by atoms with Gasteiger partial charge in [0.05, 0.1) is 27.4 Å². The second kappa shape index (κ2) is 8.14. The molecule has 2 unspecified atom stereocenters. The molecule has 154 valence electrons. The van der Waals surface area contributed by atoms with Gasteiger partial charge in [-0.15, -0.1) is 0 Å². The van der Waals surface area contributed by atoms with Gasteiger partial charge in [0.2, 0.25) is 11.8 Å². The molecule has 4 rings (SSSR count). The normalized spacial score (nSPS) is 20.9. The first-order chi connectivity index (χ1) is 14.1. The highest BCUT2D eigenvalue weighted by Crippen LogP contribution is 2.35. The molecule has 1 aromatic heterocycles. The summed E-state index contributed by atoms with van der Waals surface area (Å²) in [5, 5.41) is 0. The number of methoxy groups -OCH3 is 3. The minimum Gasteiger partial charge on any atom is -0.497 e. The fourth-order valence-electron chi connectivity index (χ4n) is 4.27. The van der Waals surface area contributed by atoms with Crippen molar-refractivity contribution in [3.8, 4) is 17.4 Å². The van der Waals surface area contributed by atoms with Crippen LogP contribution in [0.25, 0.3) is 0 Å². The van der Waals surface area contributed by atoms with Crippen LogP contribution in [0.1, 0.15) is 23.2 Å². The van der Waals surface area contributed by atoms with E-state index < -0.39 is 0 Å². The van der Waals surface area contributed by atoms with Crippen molar-refractivity contribution in [2.24, 2.45) is 5.92 Å². The number of carbonyl (C=O) groups is 1. The van der Waals surface area contributed by atoms with Gasteiger partial charge in [0.25, 0.3) is 5.91 Å². The average Bonchev–Trinajstić information content (AvgIpc) is 3.21. The highest BCUT2D eigenvalue weighted by atomic mass is 16.5. The number of nitrogens with zero attached hydrogens (tertiary/aromatic N) is 4. The van der Waals surface area contributed by atoms with E-state index in [1.165, 1.54) is 0 Å². The molecular formula is C21H26N4O4. The summed E-state index contributed by atoms with van der Waals surface area (Å²) >= 11 is 0. The van der Waals surface area contributed by atoms with Crippen molar-refractivity contribution in [1.82, 2.24) is 14.9 Å². The van der Waals surface area contributed by atoms with Crippen molar-refractivity contribution in [3.05, 3.63) is 36.0 Å². The molecule has 2 atom stereocenters. The molecule has 0 saturated carbocycles. The number of amides is 1. The SMILES string of the molecule is COc1cc(OC)cc(C(=O)N2CCC3CCN(c4nccc(OC)n4)CC32)c1.